The molecule has 1 aromatic heterocycles. The smallest absolute Gasteiger partial charge is 0.0693 e. The van der Waals surface area contributed by atoms with Crippen molar-refractivity contribution >= 4 is 0 Å². The zero-order valence-corrected chi connectivity index (χ0v) is 10.2. The Labute approximate surface area is 106 Å². The van der Waals surface area contributed by atoms with E-state index >= 15 is 0 Å². The summed E-state index contributed by atoms with van der Waals surface area (Å²) in [7, 11) is 0. The quantitative estimate of drug-likeness (QED) is 0.827. The number of hydrogen-bond donors (Lipinski definition) is 2. The van der Waals surface area contributed by atoms with E-state index in [0.717, 1.165) is 26.2 Å². The maximum Gasteiger partial charge on any atom is 0.0693 e. The lowest BCUT2D eigenvalue weighted by atomic mass is 10.0. The van der Waals surface area contributed by atoms with Gasteiger partial charge in [-0.15, -0.1) is 5.10 Å². The SMILES string of the molecule is c1cn(Cc2ccc(C3CNCCN3)cc2)nn1. The van der Waals surface area contributed by atoms with E-state index in [4.69, 9.17) is 0 Å². The maximum absolute atomic E-state index is 3.97. The molecule has 0 spiro atoms. The highest BCUT2D eigenvalue weighted by Gasteiger charge is 2.13. The summed E-state index contributed by atoms with van der Waals surface area (Å²) in [5, 5.41) is 14.7. The molecule has 1 saturated heterocycles. The molecule has 5 heteroatoms. The summed E-state index contributed by atoms with van der Waals surface area (Å²) >= 11 is 0. The van der Waals surface area contributed by atoms with Gasteiger partial charge in [-0.25, -0.2) is 4.68 Å². The predicted molar refractivity (Wildman–Crippen MR) is 69.2 cm³/mol. The van der Waals surface area contributed by atoms with Crippen LogP contribution in [0.2, 0.25) is 0 Å². The Morgan fingerprint density at radius 2 is 2.11 bits per heavy atom. The molecule has 94 valence electrons. The van der Waals surface area contributed by atoms with Crippen LogP contribution in [0.5, 0.6) is 0 Å². The topological polar surface area (TPSA) is 54.8 Å². The largest absolute Gasteiger partial charge is 0.314 e. The van der Waals surface area contributed by atoms with Crippen molar-refractivity contribution in [1.29, 1.82) is 0 Å². The number of nitrogens with one attached hydrogen (secondary N) is 2. The molecule has 1 aromatic carbocycles. The first-order valence-electron chi connectivity index (χ1n) is 6.29. The number of piperazine rings is 1. The minimum absolute atomic E-state index is 0.430. The number of rotatable bonds is 3. The molecule has 18 heavy (non-hydrogen) atoms. The Balaban J connectivity index is 1.68. The summed E-state index contributed by atoms with van der Waals surface area (Å²) in [6.07, 6.45) is 3.58. The first-order chi connectivity index (χ1) is 8.92. The second-order valence-electron chi connectivity index (χ2n) is 4.55. The van der Waals surface area contributed by atoms with E-state index in [1.165, 1.54) is 11.1 Å². The van der Waals surface area contributed by atoms with E-state index in [1.807, 2.05) is 10.9 Å². The molecule has 2 heterocycles. The maximum atomic E-state index is 3.97. The van der Waals surface area contributed by atoms with Gasteiger partial charge in [0.2, 0.25) is 0 Å². The van der Waals surface area contributed by atoms with Crippen LogP contribution < -0.4 is 10.6 Å². The lowest BCUT2D eigenvalue weighted by Crippen LogP contribution is -2.42. The van der Waals surface area contributed by atoms with Crippen LogP contribution in [0.4, 0.5) is 0 Å². The van der Waals surface area contributed by atoms with Crippen molar-refractivity contribution in [2.75, 3.05) is 19.6 Å². The van der Waals surface area contributed by atoms with Gasteiger partial charge in [-0.1, -0.05) is 29.5 Å². The monoisotopic (exact) mass is 243 g/mol. The lowest BCUT2D eigenvalue weighted by molar-refractivity contribution is 0.430. The fourth-order valence-corrected chi connectivity index (χ4v) is 2.25. The highest BCUT2D eigenvalue weighted by Crippen LogP contribution is 2.15. The van der Waals surface area contributed by atoms with E-state index in [9.17, 15) is 0 Å². The molecule has 5 nitrogen and oxygen atoms in total. The fourth-order valence-electron chi connectivity index (χ4n) is 2.25. The molecule has 2 aromatic rings. The third-order valence-corrected chi connectivity index (χ3v) is 3.24. The Morgan fingerprint density at radius 1 is 1.22 bits per heavy atom. The van der Waals surface area contributed by atoms with E-state index < -0.39 is 0 Å². The van der Waals surface area contributed by atoms with Crippen LogP contribution in [0, 0.1) is 0 Å². The van der Waals surface area contributed by atoms with E-state index in [1.54, 1.807) is 6.20 Å². The minimum atomic E-state index is 0.430. The summed E-state index contributed by atoms with van der Waals surface area (Å²) in [5.74, 6) is 0. The molecule has 0 radical (unpaired) electrons. The summed E-state index contributed by atoms with van der Waals surface area (Å²) in [6, 6.07) is 9.13. The van der Waals surface area contributed by atoms with E-state index in [2.05, 4.69) is 45.2 Å². The predicted octanol–water partition coefficient (Wildman–Crippen LogP) is 0.560. The van der Waals surface area contributed by atoms with Gasteiger partial charge in [-0.3, -0.25) is 0 Å². The Kier molecular flexibility index (Phi) is 3.34. The Morgan fingerprint density at radius 3 is 2.78 bits per heavy atom. The van der Waals surface area contributed by atoms with Crippen LogP contribution in [0.1, 0.15) is 17.2 Å². The molecule has 1 aliphatic rings. The van der Waals surface area contributed by atoms with Gasteiger partial charge in [0.1, 0.15) is 0 Å². The molecule has 0 saturated carbocycles. The van der Waals surface area contributed by atoms with Crippen molar-refractivity contribution in [1.82, 2.24) is 25.6 Å². The van der Waals surface area contributed by atoms with Gasteiger partial charge in [0, 0.05) is 31.9 Å². The number of hydrogen-bond acceptors (Lipinski definition) is 4. The van der Waals surface area contributed by atoms with Gasteiger partial charge in [-0.2, -0.15) is 0 Å². The lowest BCUT2D eigenvalue weighted by Gasteiger charge is -2.25. The number of benzene rings is 1. The molecule has 0 amide bonds. The normalized spacial score (nSPS) is 19.9. The first-order valence-corrected chi connectivity index (χ1v) is 6.29. The molecule has 1 unspecified atom stereocenters. The van der Waals surface area contributed by atoms with E-state index in [-0.39, 0.29) is 0 Å². The standard InChI is InChI=1S/C13H17N5/c1-3-12(13-9-14-5-6-15-13)4-2-11(1)10-18-8-7-16-17-18/h1-4,7-8,13-15H,5-6,9-10H2. The van der Waals surface area contributed by atoms with Gasteiger partial charge in [0.15, 0.2) is 0 Å². The van der Waals surface area contributed by atoms with Crippen LogP contribution in [-0.2, 0) is 6.54 Å². The van der Waals surface area contributed by atoms with Crippen LogP contribution >= 0.6 is 0 Å². The fraction of sp³-hybridized carbons (Fsp3) is 0.385. The van der Waals surface area contributed by atoms with Crippen molar-refractivity contribution in [2.45, 2.75) is 12.6 Å². The van der Waals surface area contributed by atoms with Gasteiger partial charge in [0.05, 0.1) is 12.7 Å². The summed E-state index contributed by atoms with van der Waals surface area (Å²) in [6.45, 7) is 3.87. The highest BCUT2D eigenvalue weighted by molar-refractivity contribution is 5.25. The molecular formula is C13H17N5. The summed E-state index contributed by atoms with van der Waals surface area (Å²) < 4.78 is 1.83. The highest BCUT2D eigenvalue weighted by atomic mass is 15.4. The average Bonchev–Trinajstić information content (AvgIpc) is 2.94. The van der Waals surface area contributed by atoms with Crippen molar-refractivity contribution in [3.63, 3.8) is 0 Å². The van der Waals surface area contributed by atoms with Crippen LogP contribution in [0.15, 0.2) is 36.7 Å². The molecule has 0 bridgehead atoms. The van der Waals surface area contributed by atoms with Crippen molar-refractivity contribution in [3.05, 3.63) is 47.8 Å². The molecule has 1 atom stereocenters. The minimum Gasteiger partial charge on any atom is -0.314 e. The number of aromatic nitrogens is 3. The van der Waals surface area contributed by atoms with Crippen LogP contribution in [0.3, 0.4) is 0 Å². The van der Waals surface area contributed by atoms with Gasteiger partial charge < -0.3 is 10.6 Å². The van der Waals surface area contributed by atoms with Crippen LogP contribution in [-0.4, -0.2) is 34.6 Å². The zero-order valence-electron chi connectivity index (χ0n) is 10.2. The number of nitrogens with zero attached hydrogens (tertiary/aromatic N) is 3. The molecule has 3 rings (SSSR count). The molecular weight excluding hydrogens is 226 g/mol. The molecule has 2 N–H and O–H groups in total. The second-order valence-corrected chi connectivity index (χ2v) is 4.55. The zero-order chi connectivity index (χ0) is 12.2. The average molecular weight is 243 g/mol. The van der Waals surface area contributed by atoms with Gasteiger partial charge >= 0.3 is 0 Å². The first kappa shape index (κ1) is 11.4. The Hall–Kier alpha value is -1.72. The van der Waals surface area contributed by atoms with Crippen molar-refractivity contribution < 1.29 is 0 Å². The molecule has 0 aliphatic carbocycles. The summed E-state index contributed by atoms with van der Waals surface area (Å²) in [4.78, 5) is 0. The van der Waals surface area contributed by atoms with Crippen LogP contribution in [0.25, 0.3) is 0 Å². The van der Waals surface area contributed by atoms with Crippen molar-refractivity contribution in [3.8, 4) is 0 Å². The third-order valence-electron chi connectivity index (χ3n) is 3.24. The van der Waals surface area contributed by atoms with Crippen molar-refractivity contribution in [2.24, 2.45) is 0 Å². The second kappa shape index (κ2) is 5.29. The van der Waals surface area contributed by atoms with E-state index in [0.29, 0.717) is 6.04 Å². The molecule has 1 aliphatic heterocycles. The third kappa shape index (κ3) is 2.57. The molecule has 1 fully saturated rings. The summed E-state index contributed by atoms with van der Waals surface area (Å²) in [5.41, 5.74) is 2.58. The van der Waals surface area contributed by atoms with Gasteiger partial charge in [0.25, 0.3) is 0 Å². The Bertz CT molecular complexity index is 471. The van der Waals surface area contributed by atoms with Gasteiger partial charge in [-0.05, 0) is 11.1 Å².